The number of nitrogens with zero attached hydrogens (tertiary/aromatic N) is 4. The van der Waals surface area contributed by atoms with E-state index in [1.54, 1.807) is 27.7 Å². The Hall–Kier alpha value is -2.80. The number of imidazole rings is 1. The first-order valence-electron chi connectivity index (χ1n) is 10.9. The smallest absolute Gasteiger partial charge is 0.362 e. The van der Waals surface area contributed by atoms with Gasteiger partial charge in [0.15, 0.2) is 11.3 Å². The molecule has 0 aliphatic rings. The number of aromatic nitrogens is 4. The van der Waals surface area contributed by atoms with Gasteiger partial charge < -0.3 is 24.8 Å². The summed E-state index contributed by atoms with van der Waals surface area (Å²) in [6, 6.07) is 0. The molecule has 14 nitrogen and oxygen atoms in total. The van der Waals surface area contributed by atoms with E-state index >= 15 is 0 Å². The predicted molar refractivity (Wildman–Crippen MR) is 123 cm³/mol. The van der Waals surface area contributed by atoms with E-state index < -0.39 is 50.3 Å². The van der Waals surface area contributed by atoms with E-state index in [0.29, 0.717) is 11.2 Å². The van der Waals surface area contributed by atoms with Gasteiger partial charge in [-0.15, -0.1) is 0 Å². The van der Waals surface area contributed by atoms with Gasteiger partial charge >= 0.3 is 19.5 Å². The van der Waals surface area contributed by atoms with Crippen LogP contribution in [0.5, 0.6) is 0 Å². The number of esters is 2. The summed E-state index contributed by atoms with van der Waals surface area (Å²) in [5.74, 6) is -1.71. The molecule has 0 saturated carbocycles. The first-order valence-corrected chi connectivity index (χ1v) is 12.7. The van der Waals surface area contributed by atoms with Crippen molar-refractivity contribution in [2.24, 2.45) is 11.8 Å². The van der Waals surface area contributed by atoms with Crippen molar-refractivity contribution in [1.82, 2.24) is 19.7 Å². The van der Waals surface area contributed by atoms with Crippen LogP contribution in [0.1, 0.15) is 41.5 Å². The van der Waals surface area contributed by atoms with E-state index in [1.165, 1.54) is 31.2 Å². The van der Waals surface area contributed by atoms with E-state index in [2.05, 4.69) is 15.0 Å². The molecule has 2 N–H and O–H groups in total. The quantitative estimate of drug-likeness (QED) is 0.167. The molecular formula is C20H32N5O9P. The number of rotatable bonds is 14. The Morgan fingerprint density at radius 1 is 0.943 bits per heavy atom. The van der Waals surface area contributed by atoms with Crippen molar-refractivity contribution < 1.29 is 42.2 Å². The lowest BCUT2D eigenvalue weighted by Crippen LogP contribution is -2.25. The molecule has 0 bridgehead atoms. The monoisotopic (exact) mass is 517 g/mol. The number of nitrogens with two attached hydrogens (primary N) is 1. The van der Waals surface area contributed by atoms with Gasteiger partial charge in [-0.1, -0.05) is 27.7 Å². The molecule has 0 aliphatic heterocycles. The third kappa shape index (κ3) is 8.73. The second-order valence-electron chi connectivity index (χ2n) is 8.01. The summed E-state index contributed by atoms with van der Waals surface area (Å²) in [5, 5.41) is 0. The van der Waals surface area contributed by atoms with Crippen LogP contribution in [0, 0.1) is 11.8 Å². The van der Waals surface area contributed by atoms with Crippen molar-refractivity contribution in [3.05, 3.63) is 12.7 Å². The van der Waals surface area contributed by atoms with Gasteiger partial charge in [0.2, 0.25) is 18.2 Å². The van der Waals surface area contributed by atoms with Crippen LogP contribution in [0.25, 0.3) is 11.2 Å². The van der Waals surface area contributed by atoms with E-state index in [9.17, 15) is 14.2 Å². The van der Waals surface area contributed by atoms with Crippen LogP contribution in [0.4, 0.5) is 5.82 Å². The second kappa shape index (κ2) is 12.8. The molecule has 0 radical (unpaired) electrons. The highest BCUT2D eigenvalue weighted by Gasteiger charge is 2.33. The van der Waals surface area contributed by atoms with E-state index in [-0.39, 0.29) is 19.0 Å². The molecule has 2 unspecified atom stereocenters. The minimum atomic E-state index is -4.04. The molecule has 196 valence electrons. The topological polar surface area (TPSA) is 176 Å². The van der Waals surface area contributed by atoms with Crippen LogP contribution in [-0.4, -0.2) is 63.8 Å². The summed E-state index contributed by atoms with van der Waals surface area (Å²) < 4.78 is 41.0. The second-order valence-corrected chi connectivity index (χ2v) is 9.91. The van der Waals surface area contributed by atoms with Crippen molar-refractivity contribution >= 4 is 36.5 Å². The largest absolute Gasteiger partial charge is 0.435 e. The Kier molecular flexibility index (Phi) is 10.4. The molecule has 2 heterocycles. The fraction of sp³-hybridized carbons (Fsp3) is 0.650. The Balaban J connectivity index is 1.95. The summed E-state index contributed by atoms with van der Waals surface area (Å²) in [6.07, 6.45) is -0.274. The average molecular weight is 517 g/mol. The molecule has 35 heavy (non-hydrogen) atoms. The van der Waals surface area contributed by atoms with Crippen molar-refractivity contribution in [2.45, 2.75) is 54.1 Å². The molecular weight excluding hydrogens is 485 g/mol. The molecule has 2 atom stereocenters. The van der Waals surface area contributed by atoms with Crippen molar-refractivity contribution in [3.63, 3.8) is 0 Å². The number of ether oxygens (including phenoxy) is 3. The van der Waals surface area contributed by atoms with Gasteiger partial charge in [-0.3, -0.25) is 23.2 Å². The van der Waals surface area contributed by atoms with Crippen LogP contribution >= 0.6 is 7.60 Å². The molecule has 0 spiro atoms. The van der Waals surface area contributed by atoms with E-state index in [1.807, 2.05) is 0 Å². The Bertz CT molecular complexity index is 1010. The highest BCUT2D eigenvalue weighted by atomic mass is 31.2. The zero-order valence-electron chi connectivity index (χ0n) is 20.6. The molecule has 0 fully saturated rings. The standard InChI is InChI=1S/C20H32N5O9P/c1-12(2)19(26)31-14(5)33-35(28,34-15(6)32-20(27)13(3)4)11-29-7-8-30-25-10-24-16-17(21)22-9-23-18(16)25/h9-10,12-15H,7-8,11H2,1-6H3,(H2,21,22,23). The maximum absolute atomic E-state index is 13.3. The molecule has 0 saturated heterocycles. The number of anilines is 1. The Morgan fingerprint density at radius 3 is 2.06 bits per heavy atom. The maximum atomic E-state index is 13.3. The van der Waals surface area contributed by atoms with Gasteiger partial charge in [0.05, 0.1) is 18.4 Å². The molecule has 2 rings (SSSR count). The van der Waals surface area contributed by atoms with Crippen LogP contribution in [-0.2, 0) is 37.4 Å². The van der Waals surface area contributed by atoms with Crippen LogP contribution in [0.2, 0.25) is 0 Å². The predicted octanol–water partition coefficient (Wildman–Crippen LogP) is 2.13. The first kappa shape index (κ1) is 28.4. The minimum Gasteiger partial charge on any atom is -0.435 e. The number of fused-ring (bicyclic) bond motifs is 1. The zero-order valence-corrected chi connectivity index (χ0v) is 21.5. The summed E-state index contributed by atoms with van der Waals surface area (Å²) in [7, 11) is -4.04. The Labute approximate surface area is 202 Å². The maximum Gasteiger partial charge on any atom is 0.362 e. The fourth-order valence-corrected chi connectivity index (χ4v) is 3.99. The van der Waals surface area contributed by atoms with E-state index in [0.717, 1.165) is 0 Å². The van der Waals surface area contributed by atoms with Gasteiger partial charge in [0.25, 0.3) is 0 Å². The number of carbonyl (C=O) groups is 2. The van der Waals surface area contributed by atoms with Crippen molar-refractivity contribution in [1.29, 1.82) is 0 Å². The normalized spacial score (nSPS) is 15.1. The third-order valence-electron chi connectivity index (χ3n) is 4.16. The highest BCUT2D eigenvalue weighted by Crippen LogP contribution is 2.50. The Morgan fingerprint density at radius 2 is 1.51 bits per heavy atom. The zero-order chi connectivity index (χ0) is 26.2. The third-order valence-corrected chi connectivity index (χ3v) is 5.90. The number of hydrogen-bond donors (Lipinski definition) is 1. The minimum absolute atomic E-state index is 0.0190. The van der Waals surface area contributed by atoms with Gasteiger partial charge in [-0.05, 0) is 13.8 Å². The molecule has 0 aliphatic carbocycles. The van der Waals surface area contributed by atoms with E-state index in [4.69, 9.17) is 33.8 Å². The van der Waals surface area contributed by atoms with Crippen molar-refractivity contribution in [2.75, 3.05) is 25.3 Å². The fourth-order valence-electron chi connectivity index (χ4n) is 2.48. The lowest BCUT2D eigenvalue weighted by atomic mass is 10.2. The average Bonchev–Trinajstić information content (AvgIpc) is 3.17. The summed E-state index contributed by atoms with van der Waals surface area (Å²) in [6.45, 7) is 9.35. The molecule has 2 aromatic heterocycles. The molecule has 2 aromatic rings. The lowest BCUT2D eigenvalue weighted by Gasteiger charge is -2.25. The number of carbonyl (C=O) groups excluding carboxylic acids is 2. The SMILES string of the molecule is CC(OC(=O)C(C)C)OP(=O)(COCCOn1cnc2c(N)ncnc21)OC(C)OC(=O)C(C)C. The van der Waals surface area contributed by atoms with Crippen LogP contribution in [0.15, 0.2) is 12.7 Å². The molecule has 15 heteroatoms. The highest BCUT2D eigenvalue weighted by molar-refractivity contribution is 7.53. The summed E-state index contributed by atoms with van der Waals surface area (Å²) in [5.41, 5.74) is 6.49. The van der Waals surface area contributed by atoms with Crippen molar-refractivity contribution in [3.8, 4) is 0 Å². The van der Waals surface area contributed by atoms with Gasteiger partial charge in [0, 0.05) is 0 Å². The number of nitrogen functional groups attached to an aromatic ring is 1. The number of hydrogen-bond acceptors (Lipinski definition) is 13. The van der Waals surface area contributed by atoms with Crippen LogP contribution in [0.3, 0.4) is 0 Å². The summed E-state index contributed by atoms with van der Waals surface area (Å²) >= 11 is 0. The first-order chi connectivity index (χ1) is 16.4. The molecule has 0 amide bonds. The molecule has 0 aromatic carbocycles. The lowest BCUT2D eigenvalue weighted by molar-refractivity contribution is -0.171. The summed E-state index contributed by atoms with van der Waals surface area (Å²) in [4.78, 5) is 41.2. The van der Waals surface area contributed by atoms with Gasteiger partial charge in [-0.2, -0.15) is 4.73 Å². The van der Waals surface area contributed by atoms with Gasteiger partial charge in [0.1, 0.15) is 25.6 Å². The van der Waals surface area contributed by atoms with Gasteiger partial charge in [-0.25, -0.2) is 15.0 Å². The van der Waals surface area contributed by atoms with Crippen LogP contribution < -0.4 is 10.6 Å².